The van der Waals surface area contributed by atoms with Gasteiger partial charge in [-0.15, -0.1) is 0 Å². The van der Waals surface area contributed by atoms with Gasteiger partial charge in [0.1, 0.15) is 0 Å². The molecule has 1 amide bonds. The van der Waals surface area contributed by atoms with Crippen LogP contribution in [0.4, 0.5) is 11.4 Å². The van der Waals surface area contributed by atoms with E-state index < -0.39 is 0 Å². The third-order valence-corrected chi connectivity index (χ3v) is 4.67. The van der Waals surface area contributed by atoms with Crippen molar-refractivity contribution in [3.8, 4) is 0 Å². The van der Waals surface area contributed by atoms with Gasteiger partial charge in [0.15, 0.2) is 0 Å². The molecule has 0 saturated carbocycles. The van der Waals surface area contributed by atoms with E-state index in [2.05, 4.69) is 42.5 Å². The van der Waals surface area contributed by atoms with Gasteiger partial charge in [-0.25, -0.2) is 0 Å². The van der Waals surface area contributed by atoms with E-state index in [1.54, 1.807) is 12.1 Å². The smallest absolute Gasteiger partial charge is 0.211 e. The average Bonchev–Trinajstić information content (AvgIpc) is 2.83. The number of rotatable bonds is 3. The second kappa shape index (κ2) is 6.29. The number of hydrogen-bond donors (Lipinski definition) is 2. The third-order valence-electron chi connectivity index (χ3n) is 3.69. The van der Waals surface area contributed by atoms with Crippen LogP contribution in [0.5, 0.6) is 0 Å². The monoisotopic (exact) mass is 434 g/mol. The van der Waals surface area contributed by atoms with Gasteiger partial charge in [-0.2, -0.15) is 0 Å². The molecule has 0 bridgehead atoms. The van der Waals surface area contributed by atoms with Crippen LogP contribution in [0.3, 0.4) is 0 Å². The van der Waals surface area contributed by atoms with Crippen molar-refractivity contribution in [2.45, 2.75) is 6.92 Å². The summed E-state index contributed by atoms with van der Waals surface area (Å²) in [5.74, 6) is -0.0510. The molecule has 0 aromatic heterocycles. The van der Waals surface area contributed by atoms with Crippen molar-refractivity contribution in [3.05, 3.63) is 62.2 Å². The predicted octanol–water partition coefficient (Wildman–Crippen LogP) is 4.82. The molecule has 1 aliphatic heterocycles. The lowest BCUT2D eigenvalue weighted by Gasteiger charge is -2.12. The minimum Gasteiger partial charge on any atom is -0.351 e. The lowest BCUT2D eigenvalue weighted by Crippen LogP contribution is -2.05. The maximum absolute atomic E-state index is 12.6. The van der Waals surface area contributed by atoms with Crippen LogP contribution in [-0.4, -0.2) is 12.2 Å². The number of Topliss-reactive ketones (excluding diaryl/α,β-unsaturated/α-hetero) is 1. The van der Waals surface area contributed by atoms with Crippen molar-refractivity contribution >= 4 is 61.0 Å². The zero-order chi connectivity index (χ0) is 16.6. The van der Waals surface area contributed by atoms with Crippen molar-refractivity contribution < 1.29 is 9.59 Å². The minimum absolute atomic E-state index is 0.0510. The Hall–Kier alpha value is -1.92. The fourth-order valence-electron chi connectivity index (χ4n) is 2.57. The SMILES string of the molecule is C/C(=C1\Nc2cc(Br)ccc2C1=O)c1ccc(Br)cc1NC=O. The van der Waals surface area contributed by atoms with E-state index in [1.165, 1.54) is 0 Å². The molecule has 1 aliphatic rings. The molecule has 0 aliphatic carbocycles. The first kappa shape index (κ1) is 16.0. The van der Waals surface area contributed by atoms with Crippen molar-refractivity contribution in [2.75, 3.05) is 10.6 Å². The van der Waals surface area contributed by atoms with Gasteiger partial charge in [-0.3, -0.25) is 9.59 Å². The van der Waals surface area contributed by atoms with Gasteiger partial charge < -0.3 is 10.6 Å². The van der Waals surface area contributed by atoms with Crippen LogP contribution < -0.4 is 10.6 Å². The molecule has 2 aromatic carbocycles. The highest BCUT2D eigenvalue weighted by atomic mass is 79.9. The van der Waals surface area contributed by atoms with Crippen LogP contribution >= 0.6 is 31.9 Å². The van der Waals surface area contributed by atoms with Gasteiger partial charge in [0.25, 0.3) is 0 Å². The maximum Gasteiger partial charge on any atom is 0.211 e. The molecule has 0 atom stereocenters. The first-order chi connectivity index (χ1) is 11.0. The fourth-order valence-corrected chi connectivity index (χ4v) is 3.29. The molecule has 2 N–H and O–H groups in total. The summed E-state index contributed by atoms with van der Waals surface area (Å²) in [6.07, 6.45) is 0.624. The van der Waals surface area contributed by atoms with Crippen LogP contribution in [0.1, 0.15) is 22.8 Å². The van der Waals surface area contributed by atoms with E-state index in [4.69, 9.17) is 0 Å². The normalized spacial score (nSPS) is 15.0. The number of hydrogen-bond acceptors (Lipinski definition) is 3. The summed E-state index contributed by atoms with van der Waals surface area (Å²) < 4.78 is 1.75. The number of halogens is 2. The van der Waals surface area contributed by atoms with Gasteiger partial charge in [-0.05, 0) is 42.8 Å². The molecule has 1 heterocycles. The third kappa shape index (κ3) is 2.96. The number of ketones is 1. The summed E-state index contributed by atoms with van der Waals surface area (Å²) in [4.78, 5) is 23.5. The van der Waals surface area contributed by atoms with Crippen molar-refractivity contribution in [1.82, 2.24) is 0 Å². The van der Waals surface area contributed by atoms with Crippen LogP contribution in [0.15, 0.2) is 51.0 Å². The minimum atomic E-state index is -0.0510. The molecule has 4 nitrogen and oxygen atoms in total. The van der Waals surface area contributed by atoms with Crippen molar-refractivity contribution in [1.29, 1.82) is 0 Å². The van der Waals surface area contributed by atoms with Crippen LogP contribution in [0.2, 0.25) is 0 Å². The lowest BCUT2D eigenvalue weighted by atomic mass is 10.0. The van der Waals surface area contributed by atoms with E-state index in [-0.39, 0.29) is 5.78 Å². The number of fused-ring (bicyclic) bond motifs is 1. The van der Waals surface area contributed by atoms with Crippen LogP contribution in [0, 0.1) is 0 Å². The van der Waals surface area contributed by atoms with Crippen LogP contribution in [0.25, 0.3) is 5.57 Å². The standard InChI is InChI=1S/C17H12Br2N2O2/c1-9(12-4-2-10(18)6-14(12)20-8-22)16-17(23)13-5-3-11(19)7-15(13)21-16/h2-8,21H,1H3,(H,20,22)/b16-9+. The Labute approximate surface area is 150 Å². The van der Waals surface area contributed by atoms with E-state index >= 15 is 0 Å². The zero-order valence-electron chi connectivity index (χ0n) is 12.1. The number of benzene rings is 2. The average molecular weight is 436 g/mol. The Morgan fingerprint density at radius 3 is 2.57 bits per heavy atom. The molecule has 3 rings (SSSR count). The summed E-state index contributed by atoms with van der Waals surface area (Å²) in [7, 11) is 0. The summed E-state index contributed by atoms with van der Waals surface area (Å²) in [5.41, 5.74) is 4.16. The molecule has 0 fully saturated rings. The van der Waals surface area contributed by atoms with Gasteiger partial charge in [0.2, 0.25) is 12.2 Å². The number of nitrogens with one attached hydrogen (secondary N) is 2. The quantitative estimate of drug-likeness (QED) is 0.536. The number of allylic oxidation sites excluding steroid dienone is 2. The molecule has 6 heteroatoms. The first-order valence-corrected chi connectivity index (χ1v) is 8.42. The molecule has 23 heavy (non-hydrogen) atoms. The molecular weight excluding hydrogens is 424 g/mol. The highest BCUT2D eigenvalue weighted by Gasteiger charge is 2.27. The van der Waals surface area contributed by atoms with E-state index in [0.29, 0.717) is 23.4 Å². The number of carbonyl (C=O) groups is 2. The van der Waals surface area contributed by atoms with E-state index in [0.717, 1.165) is 25.8 Å². The molecule has 116 valence electrons. The van der Waals surface area contributed by atoms with Crippen LogP contribution in [-0.2, 0) is 4.79 Å². The second-order valence-electron chi connectivity index (χ2n) is 5.10. The zero-order valence-corrected chi connectivity index (χ0v) is 15.3. The summed E-state index contributed by atoms with van der Waals surface area (Å²) in [5, 5.41) is 5.85. The van der Waals surface area contributed by atoms with E-state index in [1.807, 2.05) is 31.2 Å². The molecule has 2 aromatic rings. The lowest BCUT2D eigenvalue weighted by molar-refractivity contribution is -0.105. The molecular formula is C17H12Br2N2O2. The van der Waals surface area contributed by atoms with Crippen molar-refractivity contribution in [3.63, 3.8) is 0 Å². The second-order valence-corrected chi connectivity index (χ2v) is 6.93. The Morgan fingerprint density at radius 1 is 1.13 bits per heavy atom. The predicted molar refractivity (Wildman–Crippen MR) is 98.5 cm³/mol. The molecule has 0 spiro atoms. The Kier molecular flexibility index (Phi) is 4.37. The Bertz CT molecular complexity index is 860. The van der Waals surface area contributed by atoms with E-state index in [9.17, 15) is 9.59 Å². The fraction of sp³-hybridized carbons (Fsp3) is 0.0588. The topological polar surface area (TPSA) is 58.2 Å². The molecule has 0 saturated heterocycles. The number of anilines is 2. The molecule has 0 unspecified atom stereocenters. The maximum atomic E-state index is 12.6. The first-order valence-electron chi connectivity index (χ1n) is 6.83. The van der Waals surface area contributed by atoms with Crippen molar-refractivity contribution in [2.24, 2.45) is 0 Å². The largest absolute Gasteiger partial charge is 0.351 e. The summed E-state index contributed by atoms with van der Waals surface area (Å²) in [6, 6.07) is 11.1. The number of amides is 1. The van der Waals surface area contributed by atoms with Gasteiger partial charge in [0.05, 0.1) is 11.4 Å². The van der Waals surface area contributed by atoms with Gasteiger partial charge in [-0.1, -0.05) is 37.9 Å². The summed E-state index contributed by atoms with van der Waals surface area (Å²) in [6.45, 7) is 1.86. The highest BCUT2D eigenvalue weighted by molar-refractivity contribution is 9.10. The number of carbonyl (C=O) groups excluding carboxylic acids is 2. The highest BCUT2D eigenvalue weighted by Crippen LogP contribution is 2.36. The summed E-state index contributed by atoms with van der Waals surface area (Å²) >= 11 is 6.79. The Balaban J connectivity index is 2.10. The van der Waals surface area contributed by atoms with Gasteiger partial charge >= 0.3 is 0 Å². The Morgan fingerprint density at radius 2 is 1.83 bits per heavy atom. The molecule has 0 radical (unpaired) electrons. The van der Waals surface area contributed by atoms with Gasteiger partial charge in [0, 0.05) is 25.8 Å².